The summed E-state index contributed by atoms with van der Waals surface area (Å²) in [5.41, 5.74) is 0. The molecule has 0 saturated carbocycles. The number of hydrogen-bond donors (Lipinski definition) is 0. The fourth-order valence-corrected chi connectivity index (χ4v) is 3.37. The molecule has 0 aromatic carbocycles. The van der Waals surface area contributed by atoms with E-state index < -0.39 is 0 Å². The van der Waals surface area contributed by atoms with Crippen molar-refractivity contribution >= 4 is 34.8 Å². The van der Waals surface area contributed by atoms with Crippen LogP contribution in [0.15, 0.2) is 0 Å². The van der Waals surface area contributed by atoms with Gasteiger partial charge in [0.25, 0.3) is 0 Å². The Labute approximate surface area is 154 Å². The maximum atomic E-state index is 5.71. The van der Waals surface area contributed by atoms with Gasteiger partial charge in [-0.2, -0.15) is 0 Å². The fraction of sp³-hybridized carbons (Fsp3) is 1.00. The molecule has 0 N–H and O–H groups in total. The first-order valence-electron chi connectivity index (χ1n) is 9.61. The van der Waals surface area contributed by atoms with Crippen molar-refractivity contribution in [2.45, 2.75) is 114 Å². The van der Waals surface area contributed by atoms with Crippen LogP contribution in [0.1, 0.15) is 109 Å². The van der Waals surface area contributed by atoms with Crippen LogP contribution in [0.2, 0.25) is 0 Å². The van der Waals surface area contributed by atoms with E-state index in [1.807, 2.05) is 0 Å². The van der Waals surface area contributed by atoms with Gasteiger partial charge < -0.3 is 0 Å². The van der Waals surface area contributed by atoms with Gasteiger partial charge in [0.15, 0.2) is 0 Å². The molecule has 0 unspecified atom stereocenters. The van der Waals surface area contributed by atoms with E-state index in [2.05, 4.69) is 0 Å². The summed E-state index contributed by atoms with van der Waals surface area (Å²) in [6.45, 7) is 0. The molecule has 0 rings (SSSR count). The van der Waals surface area contributed by atoms with Crippen molar-refractivity contribution in [1.29, 1.82) is 0 Å². The molecular formula is C19H37Cl3. The first kappa shape index (κ1) is 22.9. The van der Waals surface area contributed by atoms with Crippen molar-refractivity contribution in [3.8, 4) is 0 Å². The predicted octanol–water partition coefficient (Wildman–Crippen LogP) is 8.66. The number of halogens is 3. The molecule has 134 valence electrons. The summed E-state index contributed by atoms with van der Waals surface area (Å²) in [4.78, 5) is -0.161. The van der Waals surface area contributed by atoms with Crippen molar-refractivity contribution in [2.75, 3.05) is 5.88 Å². The summed E-state index contributed by atoms with van der Waals surface area (Å²) in [6.07, 6.45) is 22.9. The number of hydrogen-bond acceptors (Lipinski definition) is 0. The second kappa shape index (κ2) is 19.9. The third-order valence-corrected chi connectivity index (χ3v) is 5.01. The lowest BCUT2D eigenvalue weighted by Crippen LogP contribution is -1.87. The Morgan fingerprint density at radius 1 is 0.409 bits per heavy atom. The van der Waals surface area contributed by atoms with E-state index in [9.17, 15) is 0 Å². The molecule has 0 spiro atoms. The highest BCUT2D eigenvalue weighted by atomic mass is 35.5. The lowest BCUT2D eigenvalue weighted by molar-refractivity contribution is 0.528. The Morgan fingerprint density at radius 3 is 0.955 bits per heavy atom. The van der Waals surface area contributed by atoms with Crippen molar-refractivity contribution in [1.82, 2.24) is 0 Å². The normalized spacial score (nSPS) is 11.5. The molecule has 0 amide bonds. The Kier molecular flexibility index (Phi) is 20.7. The smallest absolute Gasteiger partial charge is 0.107 e. The monoisotopic (exact) mass is 370 g/mol. The van der Waals surface area contributed by atoms with Gasteiger partial charge in [-0.15, -0.1) is 34.8 Å². The maximum Gasteiger partial charge on any atom is 0.107 e. The second-order valence-electron chi connectivity index (χ2n) is 6.53. The van der Waals surface area contributed by atoms with Crippen LogP contribution < -0.4 is 0 Å². The minimum atomic E-state index is -0.161. The van der Waals surface area contributed by atoms with Crippen molar-refractivity contribution in [2.24, 2.45) is 0 Å². The van der Waals surface area contributed by atoms with Gasteiger partial charge in [0.05, 0.1) is 0 Å². The molecule has 3 heteroatoms. The summed E-state index contributed by atoms with van der Waals surface area (Å²) in [5.74, 6) is 0.835. The van der Waals surface area contributed by atoms with E-state index in [0.717, 1.165) is 12.3 Å². The molecular weight excluding hydrogens is 335 g/mol. The van der Waals surface area contributed by atoms with E-state index in [-0.39, 0.29) is 4.84 Å². The Balaban J connectivity index is 2.94. The highest BCUT2D eigenvalue weighted by Gasteiger charge is 1.98. The van der Waals surface area contributed by atoms with E-state index in [0.29, 0.717) is 0 Å². The van der Waals surface area contributed by atoms with Gasteiger partial charge in [-0.05, 0) is 12.8 Å². The Bertz CT molecular complexity index is 195. The van der Waals surface area contributed by atoms with Gasteiger partial charge in [0, 0.05) is 5.88 Å². The molecule has 0 bridgehead atoms. The van der Waals surface area contributed by atoms with Crippen LogP contribution in [0.3, 0.4) is 0 Å². The molecule has 0 aliphatic carbocycles. The molecule has 0 radical (unpaired) electrons. The first-order valence-corrected chi connectivity index (χ1v) is 11.0. The zero-order valence-corrected chi connectivity index (χ0v) is 16.7. The zero-order valence-electron chi connectivity index (χ0n) is 14.4. The minimum absolute atomic E-state index is 0.161. The van der Waals surface area contributed by atoms with Gasteiger partial charge in [-0.25, -0.2) is 0 Å². The van der Waals surface area contributed by atoms with Crippen LogP contribution in [-0.2, 0) is 0 Å². The van der Waals surface area contributed by atoms with E-state index in [4.69, 9.17) is 34.8 Å². The third-order valence-electron chi connectivity index (χ3n) is 4.31. The molecule has 22 heavy (non-hydrogen) atoms. The van der Waals surface area contributed by atoms with Gasteiger partial charge in [0.1, 0.15) is 4.84 Å². The van der Waals surface area contributed by atoms with Gasteiger partial charge in [0.2, 0.25) is 0 Å². The van der Waals surface area contributed by atoms with E-state index in [1.165, 1.54) is 103 Å². The van der Waals surface area contributed by atoms with Gasteiger partial charge in [-0.3, -0.25) is 0 Å². The van der Waals surface area contributed by atoms with Crippen LogP contribution in [0.25, 0.3) is 0 Å². The standard InChI is InChI=1S/C19H37Cl3/c20-18-16-14-12-10-8-6-4-2-1-3-5-7-9-11-13-15-17-19(21)22/h19H,1-18H2. The van der Waals surface area contributed by atoms with Crippen molar-refractivity contribution in [3.05, 3.63) is 0 Å². The largest absolute Gasteiger partial charge is 0.127 e. The molecule has 0 atom stereocenters. The molecule has 0 aromatic heterocycles. The SMILES string of the molecule is ClCCCCCCCCCCCCCCCCCCC(Cl)Cl. The number of rotatable bonds is 18. The Morgan fingerprint density at radius 2 is 0.682 bits per heavy atom. The van der Waals surface area contributed by atoms with Gasteiger partial charge in [-0.1, -0.05) is 96.3 Å². The van der Waals surface area contributed by atoms with Crippen LogP contribution in [0, 0.1) is 0 Å². The number of unbranched alkanes of at least 4 members (excludes halogenated alkanes) is 15. The first-order chi connectivity index (χ1) is 10.8. The lowest BCUT2D eigenvalue weighted by Gasteiger charge is -2.04. The van der Waals surface area contributed by atoms with Crippen LogP contribution in [0.5, 0.6) is 0 Å². The average molecular weight is 372 g/mol. The highest BCUT2D eigenvalue weighted by molar-refractivity contribution is 6.44. The maximum absolute atomic E-state index is 5.71. The van der Waals surface area contributed by atoms with E-state index in [1.54, 1.807) is 0 Å². The average Bonchev–Trinajstić information content (AvgIpc) is 2.50. The highest BCUT2D eigenvalue weighted by Crippen LogP contribution is 2.16. The molecule has 0 aromatic rings. The summed E-state index contributed by atoms with van der Waals surface area (Å²) in [6, 6.07) is 0. The summed E-state index contributed by atoms with van der Waals surface area (Å²) >= 11 is 17.1. The van der Waals surface area contributed by atoms with Crippen molar-refractivity contribution < 1.29 is 0 Å². The summed E-state index contributed by atoms with van der Waals surface area (Å²) in [5, 5.41) is 0. The lowest BCUT2D eigenvalue weighted by atomic mass is 10.0. The topological polar surface area (TPSA) is 0 Å². The van der Waals surface area contributed by atoms with Crippen molar-refractivity contribution in [3.63, 3.8) is 0 Å². The molecule has 0 aliphatic rings. The number of alkyl halides is 3. The fourth-order valence-electron chi connectivity index (χ4n) is 2.87. The molecule has 0 aliphatic heterocycles. The minimum Gasteiger partial charge on any atom is -0.127 e. The quantitative estimate of drug-likeness (QED) is 0.167. The zero-order chi connectivity index (χ0) is 16.3. The van der Waals surface area contributed by atoms with E-state index >= 15 is 0 Å². The third kappa shape index (κ3) is 20.9. The van der Waals surface area contributed by atoms with Crippen LogP contribution >= 0.6 is 34.8 Å². The summed E-state index contributed by atoms with van der Waals surface area (Å²) < 4.78 is 0. The second-order valence-corrected chi connectivity index (χ2v) is 8.18. The molecule has 0 fully saturated rings. The molecule has 0 heterocycles. The summed E-state index contributed by atoms with van der Waals surface area (Å²) in [7, 11) is 0. The van der Waals surface area contributed by atoms with Gasteiger partial charge >= 0.3 is 0 Å². The molecule has 0 nitrogen and oxygen atoms in total. The Hall–Kier alpha value is 0.870. The van der Waals surface area contributed by atoms with Crippen LogP contribution in [0.4, 0.5) is 0 Å². The molecule has 0 saturated heterocycles. The van der Waals surface area contributed by atoms with Crippen LogP contribution in [-0.4, -0.2) is 10.7 Å². The predicted molar refractivity (Wildman–Crippen MR) is 105 cm³/mol.